The molecule has 3 heteroatoms. The fourth-order valence-electron chi connectivity index (χ4n) is 3.35. The van der Waals surface area contributed by atoms with Crippen LogP contribution in [0.4, 0.5) is 0 Å². The van der Waals surface area contributed by atoms with E-state index in [2.05, 4.69) is 29.6 Å². The molecule has 1 saturated carbocycles. The highest BCUT2D eigenvalue weighted by Crippen LogP contribution is 2.44. The van der Waals surface area contributed by atoms with Crippen molar-refractivity contribution in [3.05, 3.63) is 59.7 Å². The van der Waals surface area contributed by atoms with Crippen molar-refractivity contribution in [1.29, 1.82) is 0 Å². The van der Waals surface area contributed by atoms with E-state index in [1.807, 2.05) is 24.3 Å². The monoisotopic (exact) mass is 279 g/mol. The maximum absolute atomic E-state index is 11.5. The number of carboxylic acids is 1. The van der Waals surface area contributed by atoms with Gasteiger partial charge in [0.15, 0.2) is 0 Å². The average Bonchev–Trinajstić information content (AvgIpc) is 3.28. The Hall–Kier alpha value is -2.13. The lowest BCUT2D eigenvalue weighted by atomic mass is 10.0. The normalized spacial score (nSPS) is 18.1. The predicted octanol–water partition coefficient (Wildman–Crippen LogP) is 3.21. The second kappa shape index (κ2) is 4.71. The highest BCUT2D eigenvalue weighted by Gasteiger charge is 2.39. The minimum absolute atomic E-state index is 0.0147. The summed E-state index contributed by atoms with van der Waals surface area (Å²) < 4.78 is 0. The highest BCUT2D eigenvalue weighted by molar-refractivity contribution is 5.80. The third kappa shape index (κ3) is 2.05. The first-order valence-electron chi connectivity index (χ1n) is 7.43. The summed E-state index contributed by atoms with van der Waals surface area (Å²) in [6.07, 6.45) is 2.03. The third-order valence-electron chi connectivity index (χ3n) is 4.54. The summed E-state index contributed by atoms with van der Waals surface area (Å²) in [6, 6.07) is 16.1. The van der Waals surface area contributed by atoms with E-state index in [1.165, 1.54) is 22.3 Å². The van der Waals surface area contributed by atoms with Crippen molar-refractivity contribution in [2.45, 2.75) is 24.9 Å². The van der Waals surface area contributed by atoms with E-state index in [1.54, 1.807) is 0 Å². The van der Waals surface area contributed by atoms with Gasteiger partial charge in [-0.25, -0.2) is 0 Å². The molecule has 0 aliphatic heterocycles. The second-order valence-corrected chi connectivity index (χ2v) is 5.93. The van der Waals surface area contributed by atoms with Gasteiger partial charge in [-0.05, 0) is 41.0 Å². The molecule has 21 heavy (non-hydrogen) atoms. The Balaban J connectivity index is 1.76. The van der Waals surface area contributed by atoms with E-state index in [0.29, 0.717) is 0 Å². The summed E-state index contributed by atoms with van der Waals surface area (Å²) in [7, 11) is 0. The average molecular weight is 279 g/mol. The lowest BCUT2D eigenvalue weighted by Crippen LogP contribution is -2.40. The summed E-state index contributed by atoms with van der Waals surface area (Å²) >= 11 is 0. The maximum Gasteiger partial charge on any atom is 0.321 e. The van der Waals surface area contributed by atoms with Crippen LogP contribution in [0.15, 0.2) is 48.5 Å². The summed E-state index contributed by atoms with van der Waals surface area (Å²) in [4.78, 5) is 11.5. The van der Waals surface area contributed by atoms with Gasteiger partial charge < -0.3 is 5.11 Å². The van der Waals surface area contributed by atoms with Crippen LogP contribution >= 0.6 is 0 Å². The van der Waals surface area contributed by atoms with Crippen LogP contribution in [0.25, 0.3) is 11.1 Å². The van der Waals surface area contributed by atoms with E-state index in [0.717, 1.165) is 12.8 Å². The van der Waals surface area contributed by atoms with Crippen LogP contribution in [0.2, 0.25) is 0 Å². The molecule has 3 nitrogen and oxygen atoms in total. The van der Waals surface area contributed by atoms with Gasteiger partial charge in [0.05, 0.1) is 6.04 Å². The Kier molecular flexibility index (Phi) is 2.82. The molecule has 4 rings (SSSR count). The minimum atomic E-state index is -0.737. The summed E-state index contributed by atoms with van der Waals surface area (Å²) in [5.74, 6) is -0.457. The van der Waals surface area contributed by atoms with Gasteiger partial charge in [0.25, 0.3) is 0 Å². The smallest absolute Gasteiger partial charge is 0.321 e. The molecule has 2 N–H and O–H groups in total. The van der Waals surface area contributed by atoms with Gasteiger partial charge in [0.2, 0.25) is 0 Å². The first kappa shape index (κ1) is 12.6. The van der Waals surface area contributed by atoms with Crippen LogP contribution in [0.5, 0.6) is 0 Å². The van der Waals surface area contributed by atoms with Crippen molar-refractivity contribution in [1.82, 2.24) is 5.32 Å². The molecule has 0 saturated heterocycles. The van der Waals surface area contributed by atoms with E-state index in [9.17, 15) is 9.90 Å². The molecule has 2 aromatic rings. The van der Waals surface area contributed by atoms with E-state index in [-0.39, 0.29) is 12.0 Å². The quantitative estimate of drug-likeness (QED) is 0.903. The molecule has 0 heterocycles. The summed E-state index contributed by atoms with van der Waals surface area (Å²) in [6.45, 7) is 0. The molecule has 106 valence electrons. The number of aliphatic carboxylic acids is 1. The molecular formula is C18H17NO2. The van der Waals surface area contributed by atoms with Crippen molar-refractivity contribution >= 4 is 5.97 Å². The van der Waals surface area contributed by atoms with Crippen LogP contribution < -0.4 is 5.32 Å². The van der Waals surface area contributed by atoms with Crippen LogP contribution in [-0.2, 0) is 4.79 Å². The fourth-order valence-corrected chi connectivity index (χ4v) is 3.35. The zero-order valence-electron chi connectivity index (χ0n) is 11.6. The Labute approximate surface area is 123 Å². The maximum atomic E-state index is 11.5. The van der Waals surface area contributed by atoms with Crippen molar-refractivity contribution in [2.75, 3.05) is 0 Å². The van der Waals surface area contributed by atoms with Crippen molar-refractivity contribution < 1.29 is 9.90 Å². The Bertz CT molecular complexity index is 660. The Morgan fingerprint density at radius 1 is 1.00 bits per heavy atom. The molecule has 1 unspecified atom stereocenters. The largest absolute Gasteiger partial charge is 0.480 e. The molecule has 2 aromatic carbocycles. The highest BCUT2D eigenvalue weighted by atomic mass is 16.4. The molecule has 0 radical (unpaired) electrons. The van der Waals surface area contributed by atoms with Gasteiger partial charge in [0.1, 0.15) is 6.04 Å². The molecule has 0 amide bonds. The molecular weight excluding hydrogens is 262 g/mol. The van der Waals surface area contributed by atoms with E-state index >= 15 is 0 Å². The topological polar surface area (TPSA) is 49.3 Å². The molecule has 1 fully saturated rings. The van der Waals surface area contributed by atoms with Crippen LogP contribution in [0.1, 0.15) is 30.0 Å². The number of carboxylic acid groups (broad SMARTS) is 1. The number of benzene rings is 2. The standard InChI is InChI=1S/C18H17NO2/c20-18(21)16(11-9-10-11)19-17-14-7-3-1-5-12(14)13-6-2-4-8-15(13)17/h1-8,11,16-17,19H,9-10H2,(H,20,21). The third-order valence-corrected chi connectivity index (χ3v) is 4.54. The number of hydrogen-bond acceptors (Lipinski definition) is 2. The van der Waals surface area contributed by atoms with Gasteiger partial charge in [-0.2, -0.15) is 0 Å². The van der Waals surface area contributed by atoms with Gasteiger partial charge in [-0.1, -0.05) is 48.5 Å². The predicted molar refractivity (Wildman–Crippen MR) is 81.0 cm³/mol. The van der Waals surface area contributed by atoms with Gasteiger partial charge in [-0.15, -0.1) is 0 Å². The fraction of sp³-hybridized carbons (Fsp3) is 0.278. The number of rotatable bonds is 4. The SMILES string of the molecule is O=C(O)C(NC1c2ccccc2-c2ccccc21)C1CC1. The number of hydrogen-bond donors (Lipinski definition) is 2. The van der Waals surface area contributed by atoms with Gasteiger partial charge >= 0.3 is 5.97 Å². The van der Waals surface area contributed by atoms with E-state index < -0.39 is 12.0 Å². The van der Waals surface area contributed by atoms with Crippen molar-refractivity contribution in [3.63, 3.8) is 0 Å². The zero-order chi connectivity index (χ0) is 14.4. The summed E-state index contributed by atoms with van der Waals surface area (Å²) in [5.41, 5.74) is 4.80. The molecule has 0 bridgehead atoms. The lowest BCUT2D eigenvalue weighted by Gasteiger charge is -2.21. The van der Waals surface area contributed by atoms with Crippen LogP contribution in [-0.4, -0.2) is 17.1 Å². The first-order chi connectivity index (χ1) is 10.3. The molecule has 1 atom stereocenters. The van der Waals surface area contributed by atoms with Crippen molar-refractivity contribution in [2.24, 2.45) is 5.92 Å². The van der Waals surface area contributed by atoms with E-state index in [4.69, 9.17) is 0 Å². The number of carbonyl (C=O) groups is 1. The zero-order valence-corrected chi connectivity index (χ0v) is 11.6. The summed E-state index contributed by atoms with van der Waals surface area (Å²) in [5, 5.41) is 12.9. The molecule has 0 aromatic heterocycles. The number of nitrogens with one attached hydrogen (secondary N) is 1. The lowest BCUT2D eigenvalue weighted by molar-refractivity contribution is -0.140. The van der Waals surface area contributed by atoms with Crippen molar-refractivity contribution in [3.8, 4) is 11.1 Å². The second-order valence-electron chi connectivity index (χ2n) is 5.93. The minimum Gasteiger partial charge on any atom is -0.480 e. The number of fused-ring (bicyclic) bond motifs is 3. The van der Waals surface area contributed by atoms with Gasteiger partial charge in [0, 0.05) is 0 Å². The van der Waals surface area contributed by atoms with Crippen LogP contribution in [0.3, 0.4) is 0 Å². The van der Waals surface area contributed by atoms with Gasteiger partial charge in [-0.3, -0.25) is 10.1 Å². The molecule has 0 spiro atoms. The van der Waals surface area contributed by atoms with Crippen LogP contribution in [0, 0.1) is 5.92 Å². The molecule has 2 aliphatic carbocycles. The molecule has 2 aliphatic rings. The Morgan fingerprint density at radius 3 is 2.00 bits per heavy atom. The Morgan fingerprint density at radius 2 is 1.52 bits per heavy atom. The first-order valence-corrected chi connectivity index (χ1v) is 7.43.